The Balaban J connectivity index is 2.01. The van der Waals surface area contributed by atoms with Crippen molar-refractivity contribution in [3.63, 3.8) is 0 Å². The number of rotatable bonds is 1. The van der Waals surface area contributed by atoms with Gasteiger partial charge in [-0.1, -0.05) is 41.9 Å². The zero-order valence-electron chi connectivity index (χ0n) is 11.1. The maximum Gasteiger partial charge on any atom is 0.205 e. The Morgan fingerprint density at radius 2 is 1.71 bits per heavy atom. The molecule has 102 valence electrons. The third-order valence-electron chi connectivity index (χ3n) is 3.63. The Kier molecular flexibility index (Phi) is 2.62. The number of fused-ring (bicyclic) bond motifs is 2. The normalized spacial score (nSPS) is 11.3. The molecular weight excluding hydrogens is 282 g/mol. The van der Waals surface area contributed by atoms with E-state index in [2.05, 4.69) is 35.3 Å². The van der Waals surface area contributed by atoms with Crippen LogP contribution in [-0.4, -0.2) is 9.55 Å². The Morgan fingerprint density at radius 3 is 2.57 bits per heavy atom. The smallest absolute Gasteiger partial charge is 0.205 e. The van der Waals surface area contributed by atoms with E-state index >= 15 is 0 Å². The quantitative estimate of drug-likeness (QED) is 0.565. The van der Waals surface area contributed by atoms with Gasteiger partial charge in [0.2, 0.25) is 5.95 Å². The van der Waals surface area contributed by atoms with E-state index in [1.807, 2.05) is 34.9 Å². The monoisotopic (exact) mass is 293 g/mol. The number of aromatic nitrogens is 2. The van der Waals surface area contributed by atoms with Gasteiger partial charge in [-0.3, -0.25) is 4.57 Å². The second-order valence-corrected chi connectivity index (χ2v) is 5.41. The first-order valence-corrected chi connectivity index (χ1v) is 7.03. The van der Waals surface area contributed by atoms with Gasteiger partial charge < -0.3 is 5.73 Å². The van der Waals surface area contributed by atoms with E-state index in [0.717, 1.165) is 16.7 Å². The summed E-state index contributed by atoms with van der Waals surface area (Å²) in [5.74, 6) is 0.461. The first-order valence-electron chi connectivity index (χ1n) is 6.65. The number of halogens is 1. The molecule has 0 saturated carbocycles. The molecule has 0 aliphatic rings. The molecule has 4 rings (SSSR count). The van der Waals surface area contributed by atoms with Crippen molar-refractivity contribution in [3.05, 3.63) is 65.7 Å². The molecule has 0 radical (unpaired) electrons. The van der Waals surface area contributed by atoms with Crippen LogP contribution in [0.2, 0.25) is 5.02 Å². The highest BCUT2D eigenvalue weighted by Crippen LogP contribution is 2.27. The lowest BCUT2D eigenvalue weighted by Gasteiger charge is -2.08. The number of nitrogens with two attached hydrogens (primary N) is 1. The van der Waals surface area contributed by atoms with E-state index in [0.29, 0.717) is 11.0 Å². The molecule has 4 heteroatoms. The second-order valence-electron chi connectivity index (χ2n) is 4.97. The Hall–Kier alpha value is -2.52. The maximum atomic E-state index is 6.09. The maximum absolute atomic E-state index is 6.09. The summed E-state index contributed by atoms with van der Waals surface area (Å²) in [4.78, 5) is 4.39. The molecule has 2 N–H and O–H groups in total. The first-order chi connectivity index (χ1) is 10.2. The summed E-state index contributed by atoms with van der Waals surface area (Å²) in [7, 11) is 0. The molecule has 1 heterocycles. The number of hydrogen-bond donors (Lipinski definition) is 1. The molecule has 0 atom stereocenters. The largest absolute Gasteiger partial charge is 0.369 e. The van der Waals surface area contributed by atoms with Crippen LogP contribution in [-0.2, 0) is 0 Å². The molecule has 21 heavy (non-hydrogen) atoms. The van der Waals surface area contributed by atoms with Crippen molar-refractivity contribution < 1.29 is 0 Å². The van der Waals surface area contributed by atoms with Crippen molar-refractivity contribution in [3.8, 4) is 5.69 Å². The van der Waals surface area contributed by atoms with Crippen molar-refractivity contribution in [2.75, 3.05) is 5.73 Å². The van der Waals surface area contributed by atoms with Crippen molar-refractivity contribution in [2.24, 2.45) is 0 Å². The summed E-state index contributed by atoms with van der Waals surface area (Å²) in [6.07, 6.45) is 0. The average molecular weight is 294 g/mol. The molecule has 0 saturated heterocycles. The van der Waals surface area contributed by atoms with E-state index in [1.54, 1.807) is 0 Å². The van der Waals surface area contributed by atoms with Gasteiger partial charge in [-0.15, -0.1) is 0 Å². The molecule has 0 aliphatic heterocycles. The summed E-state index contributed by atoms with van der Waals surface area (Å²) < 4.78 is 1.94. The molecular formula is C17H12ClN3. The highest BCUT2D eigenvalue weighted by Gasteiger charge is 2.10. The predicted octanol–water partition coefficient (Wildman–Crippen LogP) is 4.41. The van der Waals surface area contributed by atoms with Crippen molar-refractivity contribution in [1.82, 2.24) is 9.55 Å². The van der Waals surface area contributed by atoms with Gasteiger partial charge in [0.25, 0.3) is 0 Å². The summed E-state index contributed by atoms with van der Waals surface area (Å²) >= 11 is 6.01. The summed E-state index contributed by atoms with van der Waals surface area (Å²) in [5.41, 5.74) is 8.83. The third kappa shape index (κ3) is 1.94. The second kappa shape index (κ2) is 4.50. The zero-order valence-corrected chi connectivity index (χ0v) is 11.9. The van der Waals surface area contributed by atoms with E-state index in [4.69, 9.17) is 17.3 Å². The van der Waals surface area contributed by atoms with Gasteiger partial charge in [0.05, 0.1) is 11.0 Å². The molecule has 0 aliphatic carbocycles. The molecule has 0 fully saturated rings. The molecule has 3 nitrogen and oxygen atoms in total. The molecule has 0 bridgehead atoms. The van der Waals surface area contributed by atoms with Gasteiger partial charge in [0.1, 0.15) is 0 Å². The van der Waals surface area contributed by atoms with Crippen molar-refractivity contribution in [2.45, 2.75) is 0 Å². The number of hydrogen-bond acceptors (Lipinski definition) is 2. The van der Waals surface area contributed by atoms with Crippen LogP contribution in [0, 0.1) is 0 Å². The number of anilines is 1. The fraction of sp³-hybridized carbons (Fsp3) is 0. The van der Waals surface area contributed by atoms with E-state index < -0.39 is 0 Å². The molecule has 4 aromatic rings. The summed E-state index contributed by atoms with van der Waals surface area (Å²) in [5, 5.41) is 3.03. The van der Waals surface area contributed by atoms with Gasteiger partial charge in [0.15, 0.2) is 0 Å². The van der Waals surface area contributed by atoms with Crippen LogP contribution in [0.5, 0.6) is 0 Å². The lowest BCUT2D eigenvalue weighted by Crippen LogP contribution is -2.00. The van der Waals surface area contributed by atoms with Gasteiger partial charge in [-0.25, -0.2) is 4.98 Å². The Morgan fingerprint density at radius 1 is 0.905 bits per heavy atom. The highest BCUT2D eigenvalue weighted by atomic mass is 35.5. The fourth-order valence-electron chi connectivity index (χ4n) is 2.66. The minimum Gasteiger partial charge on any atom is -0.369 e. The minimum absolute atomic E-state index is 0.461. The Labute approximate surface area is 126 Å². The van der Waals surface area contributed by atoms with Gasteiger partial charge in [-0.05, 0) is 41.1 Å². The average Bonchev–Trinajstić information content (AvgIpc) is 2.81. The van der Waals surface area contributed by atoms with Gasteiger partial charge in [0, 0.05) is 10.7 Å². The number of benzene rings is 3. The SMILES string of the molecule is Nc1nc2cc(Cl)ccc2n1-c1ccc2ccccc2c1. The van der Waals surface area contributed by atoms with Crippen LogP contribution in [0.3, 0.4) is 0 Å². The number of nitrogens with zero attached hydrogens (tertiary/aromatic N) is 2. The summed E-state index contributed by atoms with van der Waals surface area (Å²) in [6.45, 7) is 0. The fourth-order valence-corrected chi connectivity index (χ4v) is 2.83. The van der Waals surface area contributed by atoms with Crippen LogP contribution in [0.25, 0.3) is 27.5 Å². The topological polar surface area (TPSA) is 43.8 Å². The predicted molar refractivity (Wildman–Crippen MR) is 88.0 cm³/mol. The van der Waals surface area contributed by atoms with E-state index in [-0.39, 0.29) is 0 Å². The standard InChI is InChI=1S/C17H12ClN3/c18-13-6-8-16-15(10-13)20-17(19)21(16)14-7-5-11-3-1-2-4-12(11)9-14/h1-10H,(H2,19,20). The van der Waals surface area contributed by atoms with Crippen molar-refractivity contribution >= 4 is 39.4 Å². The first kappa shape index (κ1) is 12.2. The third-order valence-corrected chi connectivity index (χ3v) is 3.87. The van der Waals surface area contributed by atoms with Crippen LogP contribution >= 0.6 is 11.6 Å². The molecule has 1 aromatic heterocycles. The summed E-state index contributed by atoms with van der Waals surface area (Å²) in [6, 6.07) is 20.1. The van der Waals surface area contributed by atoms with Gasteiger partial charge >= 0.3 is 0 Å². The lowest BCUT2D eigenvalue weighted by molar-refractivity contribution is 1.11. The molecule has 3 aromatic carbocycles. The molecule has 0 unspecified atom stereocenters. The van der Waals surface area contributed by atoms with Crippen LogP contribution in [0.4, 0.5) is 5.95 Å². The van der Waals surface area contributed by atoms with Crippen molar-refractivity contribution in [1.29, 1.82) is 0 Å². The van der Waals surface area contributed by atoms with E-state index in [9.17, 15) is 0 Å². The van der Waals surface area contributed by atoms with Crippen LogP contribution < -0.4 is 5.73 Å². The van der Waals surface area contributed by atoms with E-state index in [1.165, 1.54) is 10.8 Å². The molecule has 0 spiro atoms. The minimum atomic E-state index is 0.461. The van der Waals surface area contributed by atoms with Crippen LogP contribution in [0.1, 0.15) is 0 Å². The molecule has 0 amide bonds. The van der Waals surface area contributed by atoms with Crippen LogP contribution in [0.15, 0.2) is 60.7 Å². The number of imidazole rings is 1. The highest BCUT2D eigenvalue weighted by molar-refractivity contribution is 6.31. The lowest BCUT2D eigenvalue weighted by atomic mass is 10.1. The zero-order chi connectivity index (χ0) is 14.4. The number of nitrogen functional groups attached to an aromatic ring is 1. The Bertz CT molecular complexity index is 972. The van der Waals surface area contributed by atoms with Gasteiger partial charge in [-0.2, -0.15) is 0 Å².